The molecule has 67 heavy (non-hydrogen) atoms. The summed E-state index contributed by atoms with van der Waals surface area (Å²) < 4.78 is 29.8. The zero-order valence-corrected chi connectivity index (χ0v) is 38.7. The van der Waals surface area contributed by atoms with Crippen molar-refractivity contribution in [2.45, 2.75) is 58.7 Å². The molecule has 2 saturated heterocycles. The van der Waals surface area contributed by atoms with Crippen molar-refractivity contribution in [3.63, 3.8) is 0 Å². The number of halogens is 3. The fourth-order valence-electron chi connectivity index (χ4n) is 9.80. The molecule has 0 radical (unpaired) electrons. The second-order valence-electron chi connectivity index (χ2n) is 17.2. The van der Waals surface area contributed by atoms with Crippen LogP contribution in [0.2, 0.25) is 10.0 Å². The average molecular weight is 953 g/mol. The Morgan fingerprint density at radius 3 is 2.42 bits per heavy atom. The summed E-state index contributed by atoms with van der Waals surface area (Å²) in [6.07, 6.45) is 1.22. The van der Waals surface area contributed by atoms with Crippen LogP contribution in [0.15, 0.2) is 60.7 Å². The number of piperazine rings is 1. The van der Waals surface area contributed by atoms with E-state index >= 15 is 0 Å². The van der Waals surface area contributed by atoms with Gasteiger partial charge in [0.2, 0.25) is 11.8 Å². The molecule has 4 amide bonds. The third kappa shape index (κ3) is 8.69. The molecule has 0 bridgehead atoms. The van der Waals surface area contributed by atoms with Crippen LogP contribution in [-0.4, -0.2) is 116 Å². The molecule has 2 fully saturated rings. The van der Waals surface area contributed by atoms with Crippen molar-refractivity contribution in [1.29, 1.82) is 0 Å². The van der Waals surface area contributed by atoms with Gasteiger partial charge in [-0.1, -0.05) is 41.4 Å². The van der Waals surface area contributed by atoms with Crippen LogP contribution in [0.1, 0.15) is 62.6 Å². The second kappa shape index (κ2) is 18.7. The maximum Gasteiger partial charge on any atom is 0.352 e. The predicted molar refractivity (Wildman–Crippen MR) is 249 cm³/mol. The SMILES string of the molecule is Cc1nn(C)c(C)c1-c1c(Cl)ccc2c(CCCOc3cccc4cc(F)ccc34)c(C(=O)O)n(CCN3CCN(C(=O)COc4c(Cl)ccc5c4CN(C4CCC(=O)NC4=O)C5=O)CC3)c12. The third-order valence-electron chi connectivity index (χ3n) is 13.2. The lowest BCUT2D eigenvalue weighted by molar-refractivity contribution is -0.137. The fraction of sp³-hybridized carbons (Fsp3) is 0.347. The maximum absolute atomic E-state index is 13.9. The Morgan fingerprint density at radius 1 is 0.925 bits per heavy atom. The van der Waals surface area contributed by atoms with Crippen molar-refractivity contribution < 1.29 is 42.9 Å². The van der Waals surface area contributed by atoms with Crippen LogP contribution in [-0.2, 0) is 40.9 Å². The quantitative estimate of drug-likeness (QED) is 0.0862. The standard InChI is InChI=1S/C49H48Cl2FN7O8/c1-27-42(28(2)55(3)54-27)43-36(50)13-11-33-32(7-5-23-66-39-8-4-6-29-24-30(52)9-10-31(29)39)45(49(64)65)58(44(33)43)22-19-56-17-20-57(21-18-56)41(61)26-67-46-35-25-59(38-15-16-40(60)53-47(38)62)48(63)34(35)12-14-37(46)51/h4,6,8-14,24,38H,5,7,15-23,25-26H2,1-3H3,(H,64,65)(H,53,60,62). The summed E-state index contributed by atoms with van der Waals surface area (Å²) in [5.74, 6) is -2.15. The number of fused-ring (bicyclic) bond motifs is 3. The number of ether oxygens (including phenoxy) is 2. The highest BCUT2D eigenvalue weighted by Crippen LogP contribution is 2.43. The van der Waals surface area contributed by atoms with E-state index in [4.69, 9.17) is 32.7 Å². The number of nitrogens with one attached hydrogen (secondary N) is 1. The summed E-state index contributed by atoms with van der Waals surface area (Å²) in [6.45, 7) is 6.50. The van der Waals surface area contributed by atoms with Gasteiger partial charge in [0.15, 0.2) is 6.61 Å². The first-order chi connectivity index (χ1) is 32.2. The summed E-state index contributed by atoms with van der Waals surface area (Å²) in [5, 5.41) is 20.9. The molecular weight excluding hydrogens is 904 g/mol. The number of aryl methyl sites for hydroxylation is 3. The van der Waals surface area contributed by atoms with Gasteiger partial charge >= 0.3 is 5.97 Å². The molecular formula is C49H48Cl2FN7O8. The second-order valence-corrected chi connectivity index (χ2v) is 18.0. The number of carbonyl (C=O) groups is 5. The first-order valence-electron chi connectivity index (χ1n) is 22.2. The number of aromatic nitrogens is 3. The van der Waals surface area contributed by atoms with Gasteiger partial charge in [0.25, 0.3) is 11.8 Å². The number of benzene rings is 4. The number of aromatic carboxylic acids is 1. The fourth-order valence-corrected chi connectivity index (χ4v) is 10.3. The van der Waals surface area contributed by atoms with Crippen molar-refractivity contribution >= 4 is 74.5 Å². The summed E-state index contributed by atoms with van der Waals surface area (Å²) in [7, 11) is 1.86. The van der Waals surface area contributed by atoms with E-state index in [0.717, 1.165) is 33.1 Å². The average Bonchev–Trinajstić information content (AvgIpc) is 3.89. The lowest BCUT2D eigenvalue weighted by atomic mass is 9.98. The van der Waals surface area contributed by atoms with Crippen molar-refractivity contribution in [2.75, 3.05) is 45.9 Å². The number of carbonyl (C=O) groups excluding carboxylic acids is 4. The Labute approximate surface area is 394 Å². The van der Waals surface area contributed by atoms with E-state index in [9.17, 15) is 33.5 Å². The van der Waals surface area contributed by atoms with E-state index in [1.807, 2.05) is 55.8 Å². The van der Waals surface area contributed by atoms with Crippen LogP contribution in [0.25, 0.3) is 32.8 Å². The summed E-state index contributed by atoms with van der Waals surface area (Å²) in [6, 6.07) is 16.0. The van der Waals surface area contributed by atoms with Gasteiger partial charge in [-0.25, -0.2) is 9.18 Å². The summed E-state index contributed by atoms with van der Waals surface area (Å²) in [5.41, 5.74) is 5.52. The molecule has 4 aromatic carbocycles. The number of hydrogen-bond donors (Lipinski definition) is 2. The molecule has 15 nitrogen and oxygen atoms in total. The van der Waals surface area contributed by atoms with Gasteiger partial charge in [0, 0.05) is 91.5 Å². The molecule has 0 aliphatic carbocycles. The van der Waals surface area contributed by atoms with Gasteiger partial charge in [-0.05, 0) is 86.5 Å². The van der Waals surface area contributed by atoms with Gasteiger partial charge < -0.3 is 28.9 Å². The zero-order chi connectivity index (χ0) is 47.3. The van der Waals surface area contributed by atoms with Crippen LogP contribution in [0.5, 0.6) is 11.5 Å². The molecule has 0 spiro atoms. The number of rotatable bonds is 14. The predicted octanol–water partition coefficient (Wildman–Crippen LogP) is 6.95. The minimum Gasteiger partial charge on any atom is -0.493 e. The van der Waals surface area contributed by atoms with Gasteiger partial charge in [-0.3, -0.25) is 34.1 Å². The van der Waals surface area contributed by atoms with Gasteiger partial charge in [-0.2, -0.15) is 5.10 Å². The largest absolute Gasteiger partial charge is 0.493 e. The number of carboxylic acids is 1. The Morgan fingerprint density at radius 2 is 1.69 bits per heavy atom. The molecule has 6 aromatic rings. The van der Waals surface area contributed by atoms with Gasteiger partial charge in [0.05, 0.1) is 34.4 Å². The van der Waals surface area contributed by atoms with Crippen LogP contribution in [0.3, 0.4) is 0 Å². The number of amides is 4. The topological polar surface area (TPSA) is 169 Å². The van der Waals surface area contributed by atoms with E-state index in [0.29, 0.717) is 97.3 Å². The highest BCUT2D eigenvalue weighted by molar-refractivity contribution is 6.35. The van der Waals surface area contributed by atoms with Crippen LogP contribution < -0.4 is 14.8 Å². The van der Waals surface area contributed by atoms with Crippen molar-refractivity contribution in [3.05, 3.63) is 110 Å². The number of nitrogens with zero attached hydrogens (tertiary/aromatic N) is 6. The molecule has 3 aliphatic rings. The smallest absolute Gasteiger partial charge is 0.352 e. The zero-order valence-electron chi connectivity index (χ0n) is 37.2. The van der Waals surface area contributed by atoms with E-state index in [-0.39, 0.29) is 66.0 Å². The lowest BCUT2D eigenvalue weighted by Gasteiger charge is -2.35. The number of hydrogen-bond acceptors (Lipinski definition) is 9. The molecule has 9 rings (SSSR count). The van der Waals surface area contributed by atoms with E-state index < -0.39 is 17.9 Å². The first-order valence-corrected chi connectivity index (χ1v) is 22.9. The monoisotopic (exact) mass is 951 g/mol. The first kappa shape index (κ1) is 45.7. The summed E-state index contributed by atoms with van der Waals surface area (Å²) >= 11 is 13.6. The Hall–Kier alpha value is -6.49. The number of piperidine rings is 1. The Kier molecular flexibility index (Phi) is 12.7. The Bertz CT molecular complexity index is 3010. The third-order valence-corrected chi connectivity index (χ3v) is 13.8. The van der Waals surface area contributed by atoms with Crippen LogP contribution >= 0.6 is 23.2 Å². The molecule has 18 heteroatoms. The van der Waals surface area contributed by atoms with Crippen molar-refractivity contribution in [1.82, 2.24) is 34.4 Å². The molecule has 348 valence electrons. The minimum absolute atomic E-state index is 0.0462. The van der Waals surface area contributed by atoms with Gasteiger partial charge in [0.1, 0.15) is 29.1 Å². The summed E-state index contributed by atoms with van der Waals surface area (Å²) in [4.78, 5) is 70.0. The molecule has 5 heterocycles. The minimum atomic E-state index is -1.07. The number of carboxylic acid groups (broad SMARTS) is 1. The molecule has 0 saturated carbocycles. The van der Waals surface area contributed by atoms with Crippen LogP contribution in [0.4, 0.5) is 4.39 Å². The van der Waals surface area contributed by atoms with Gasteiger partial charge in [-0.15, -0.1) is 0 Å². The molecule has 2 aromatic heterocycles. The van der Waals surface area contributed by atoms with E-state index in [2.05, 4.69) is 15.3 Å². The maximum atomic E-state index is 13.9. The lowest BCUT2D eigenvalue weighted by Crippen LogP contribution is -2.52. The number of imide groups is 1. The van der Waals surface area contributed by atoms with Crippen molar-refractivity contribution in [2.24, 2.45) is 7.05 Å². The molecule has 3 aliphatic heterocycles. The van der Waals surface area contributed by atoms with E-state index in [1.54, 1.807) is 21.7 Å². The normalized spacial score (nSPS) is 16.6. The molecule has 1 atom stereocenters. The highest BCUT2D eigenvalue weighted by Gasteiger charge is 2.41. The van der Waals surface area contributed by atoms with Crippen molar-refractivity contribution in [3.8, 4) is 22.6 Å². The molecule has 2 N–H and O–H groups in total. The van der Waals surface area contributed by atoms with E-state index in [1.165, 1.54) is 23.1 Å². The highest BCUT2D eigenvalue weighted by atomic mass is 35.5. The molecule has 1 unspecified atom stereocenters. The Balaban J connectivity index is 0.902. The van der Waals surface area contributed by atoms with Crippen LogP contribution in [0, 0.1) is 19.7 Å².